The number of pyridine rings is 1. The molecule has 0 aliphatic heterocycles. The molecule has 0 unspecified atom stereocenters. The lowest BCUT2D eigenvalue weighted by Crippen LogP contribution is -2.19. The summed E-state index contributed by atoms with van der Waals surface area (Å²) in [5, 5.41) is 16.0. The number of nitrogens with zero attached hydrogens (tertiary/aromatic N) is 2. The van der Waals surface area contributed by atoms with Crippen LogP contribution in [-0.4, -0.2) is 26.3 Å². The first-order valence-corrected chi connectivity index (χ1v) is 6.53. The lowest BCUT2D eigenvalue weighted by atomic mass is 10.1. The van der Waals surface area contributed by atoms with Crippen molar-refractivity contribution in [2.24, 2.45) is 0 Å². The average Bonchev–Trinajstić information content (AvgIpc) is 2.94. The number of hydrogen-bond acceptors (Lipinski definition) is 4. The Morgan fingerprint density at radius 3 is 2.75 bits per heavy atom. The van der Waals surface area contributed by atoms with Crippen molar-refractivity contribution in [2.75, 3.05) is 0 Å². The van der Waals surface area contributed by atoms with Gasteiger partial charge >= 0.3 is 0 Å². The molecule has 1 aromatic carbocycles. The van der Waals surface area contributed by atoms with E-state index in [2.05, 4.69) is 31.1 Å². The number of aromatic amines is 1. The number of benzene rings is 1. The maximum Gasteiger partial charge on any atom is 0.275 e. The Morgan fingerprint density at radius 2 is 2.05 bits per heavy atom. The van der Waals surface area contributed by atoms with Gasteiger partial charge in [-0.3, -0.25) is 15.1 Å². The predicted octanol–water partition coefficient (Wildman–Crippen LogP) is 2.51. The Bertz CT molecular complexity index is 783. The van der Waals surface area contributed by atoms with Gasteiger partial charge in [-0.25, -0.2) is 10.5 Å². The van der Waals surface area contributed by atoms with Crippen molar-refractivity contribution in [3.8, 4) is 11.3 Å². The molecule has 2 aromatic heterocycles. The summed E-state index contributed by atoms with van der Waals surface area (Å²) in [6, 6.07) is 9.16. The van der Waals surface area contributed by atoms with Crippen LogP contribution in [0.2, 0.25) is 0 Å². The summed E-state index contributed by atoms with van der Waals surface area (Å²) in [6.45, 7) is 0. The lowest BCUT2D eigenvalue weighted by Gasteiger charge is -2.05. The first-order valence-electron chi connectivity index (χ1n) is 5.73. The van der Waals surface area contributed by atoms with Crippen molar-refractivity contribution in [1.29, 1.82) is 0 Å². The predicted molar refractivity (Wildman–Crippen MR) is 76.3 cm³/mol. The van der Waals surface area contributed by atoms with Crippen molar-refractivity contribution >= 4 is 32.9 Å². The van der Waals surface area contributed by atoms with E-state index in [0.29, 0.717) is 22.3 Å². The molecule has 0 radical (unpaired) electrons. The van der Waals surface area contributed by atoms with Gasteiger partial charge in [0.1, 0.15) is 0 Å². The van der Waals surface area contributed by atoms with E-state index in [1.165, 1.54) is 6.20 Å². The zero-order chi connectivity index (χ0) is 14.1. The van der Waals surface area contributed by atoms with Crippen molar-refractivity contribution in [2.45, 2.75) is 0 Å². The Kier molecular flexibility index (Phi) is 3.21. The molecule has 3 N–H and O–H groups in total. The fourth-order valence-corrected chi connectivity index (χ4v) is 2.21. The average molecular weight is 333 g/mol. The molecule has 3 rings (SSSR count). The summed E-state index contributed by atoms with van der Waals surface area (Å²) in [5.74, 6) is -0.600. The molecule has 1 amide bonds. The Balaban J connectivity index is 2.21. The highest BCUT2D eigenvalue weighted by Gasteiger charge is 2.14. The van der Waals surface area contributed by atoms with Gasteiger partial charge in [0.05, 0.1) is 22.8 Å². The third-order valence-corrected chi connectivity index (χ3v) is 3.44. The van der Waals surface area contributed by atoms with Crippen LogP contribution in [0.1, 0.15) is 10.4 Å². The number of carbonyl (C=O) groups excluding carboxylic acids is 1. The second kappa shape index (κ2) is 5.03. The number of fused-ring (bicyclic) bond motifs is 1. The van der Waals surface area contributed by atoms with Crippen LogP contribution >= 0.6 is 15.9 Å². The summed E-state index contributed by atoms with van der Waals surface area (Å²) >= 11 is 3.37. The van der Waals surface area contributed by atoms with E-state index in [9.17, 15) is 4.79 Å². The summed E-state index contributed by atoms with van der Waals surface area (Å²) < 4.78 is 0.956. The molecule has 0 aliphatic carbocycles. The SMILES string of the molecule is O=C(NO)c1cc(-c2ccc(Br)cc2)nc2[nH]ncc12. The smallest absolute Gasteiger partial charge is 0.275 e. The van der Waals surface area contributed by atoms with Crippen molar-refractivity contribution in [1.82, 2.24) is 20.7 Å². The number of amides is 1. The molecule has 2 heterocycles. The molecular weight excluding hydrogens is 324 g/mol. The van der Waals surface area contributed by atoms with E-state index < -0.39 is 5.91 Å². The molecule has 6 nitrogen and oxygen atoms in total. The van der Waals surface area contributed by atoms with Crippen LogP contribution in [0.25, 0.3) is 22.3 Å². The van der Waals surface area contributed by atoms with E-state index in [-0.39, 0.29) is 0 Å². The van der Waals surface area contributed by atoms with Crippen molar-refractivity contribution in [3.05, 3.63) is 46.6 Å². The highest BCUT2D eigenvalue weighted by Crippen LogP contribution is 2.24. The molecule has 20 heavy (non-hydrogen) atoms. The topological polar surface area (TPSA) is 90.9 Å². The summed E-state index contributed by atoms with van der Waals surface area (Å²) in [6.07, 6.45) is 1.50. The minimum absolute atomic E-state index is 0.309. The fourth-order valence-electron chi connectivity index (χ4n) is 1.95. The number of nitrogens with one attached hydrogen (secondary N) is 2. The fraction of sp³-hybridized carbons (Fsp3) is 0. The third kappa shape index (κ3) is 2.17. The first-order chi connectivity index (χ1) is 9.69. The lowest BCUT2D eigenvalue weighted by molar-refractivity contribution is 0.0708. The van der Waals surface area contributed by atoms with Crippen LogP contribution in [0.5, 0.6) is 0 Å². The monoisotopic (exact) mass is 332 g/mol. The molecule has 0 spiro atoms. The quantitative estimate of drug-likeness (QED) is 0.496. The third-order valence-electron chi connectivity index (χ3n) is 2.91. The minimum atomic E-state index is -0.600. The minimum Gasteiger partial charge on any atom is -0.288 e. The molecule has 0 aliphatic rings. The highest BCUT2D eigenvalue weighted by atomic mass is 79.9. The van der Waals surface area contributed by atoms with Crippen LogP contribution in [0.15, 0.2) is 41.0 Å². The number of rotatable bonds is 2. The number of hydrogen-bond donors (Lipinski definition) is 3. The number of halogens is 1. The van der Waals surface area contributed by atoms with Crippen LogP contribution in [0.4, 0.5) is 0 Å². The van der Waals surface area contributed by atoms with Gasteiger partial charge in [0.15, 0.2) is 5.65 Å². The number of H-pyrrole nitrogens is 1. The standard InChI is InChI=1S/C13H9BrN4O2/c14-8-3-1-7(2-4-8)11-5-9(13(19)18-20)10-6-15-17-12(10)16-11/h1-6,20H,(H,18,19)(H,15,16,17). The second-order valence-electron chi connectivity index (χ2n) is 4.14. The molecule has 0 atom stereocenters. The molecule has 0 bridgehead atoms. The molecular formula is C13H9BrN4O2. The van der Waals surface area contributed by atoms with Gasteiger partial charge in [-0.2, -0.15) is 5.10 Å². The van der Waals surface area contributed by atoms with E-state index in [4.69, 9.17) is 5.21 Å². The van der Waals surface area contributed by atoms with E-state index in [1.54, 1.807) is 11.5 Å². The number of aromatic nitrogens is 3. The molecule has 0 fully saturated rings. The maximum atomic E-state index is 11.7. The Labute approximate surface area is 121 Å². The molecule has 0 saturated carbocycles. The van der Waals surface area contributed by atoms with Gasteiger partial charge in [-0.1, -0.05) is 28.1 Å². The first kappa shape index (κ1) is 12.8. The van der Waals surface area contributed by atoms with Gasteiger partial charge in [0.25, 0.3) is 5.91 Å². The van der Waals surface area contributed by atoms with Crippen LogP contribution in [-0.2, 0) is 0 Å². The summed E-state index contributed by atoms with van der Waals surface area (Å²) in [4.78, 5) is 16.1. The van der Waals surface area contributed by atoms with Crippen LogP contribution in [0, 0.1) is 0 Å². The maximum absolute atomic E-state index is 11.7. The van der Waals surface area contributed by atoms with Gasteiger partial charge in [0.2, 0.25) is 0 Å². The molecule has 7 heteroatoms. The van der Waals surface area contributed by atoms with Crippen molar-refractivity contribution < 1.29 is 10.0 Å². The van der Waals surface area contributed by atoms with Gasteiger partial charge in [-0.05, 0) is 18.2 Å². The Hall–Kier alpha value is -2.25. The van der Waals surface area contributed by atoms with Crippen molar-refractivity contribution in [3.63, 3.8) is 0 Å². The van der Waals surface area contributed by atoms with E-state index >= 15 is 0 Å². The van der Waals surface area contributed by atoms with E-state index in [0.717, 1.165) is 10.0 Å². The molecule has 0 saturated heterocycles. The van der Waals surface area contributed by atoms with Gasteiger partial charge in [0, 0.05) is 10.0 Å². The zero-order valence-electron chi connectivity index (χ0n) is 10.1. The molecule has 3 aromatic rings. The highest BCUT2D eigenvalue weighted by molar-refractivity contribution is 9.10. The van der Waals surface area contributed by atoms with Gasteiger partial charge < -0.3 is 0 Å². The second-order valence-corrected chi connectivity index (χ2v) is 5.05. The summed E-state index contributed by atoms with van der Waals surface area (Å²) in [5.41, 5.74) is 3.91. The van der Waals surface area contributed by atoms with Crippen LogP contribution < -0.4 is 5.48 Å². The zero-order valence-corrected chi connectivity index (χ0v) is 11.7. The summed E-state index contributed by atoms with van der Waals surface area (Å²) in [7, 11) is 0. The number of carbonyl (C=O) groups is 1. The Morgan fingerprint density at radius 1 is 1.30 bits per heavy atom. The van der Waals surface area contributed by atoms with E-state index in [1.807, 2.05) is 24.3 Å². The largest absolute Gasteiger partial charge is 0.288 e. The number of hydroxylamine groups is 1. The normalized spacial score (nSPS) is 10.7. The van der Waals surface area contributed by atoms with Crippen LogP contribution in [0.3, 0.4) is 0 Å². The van der Waals surface area contributed by atoms with Gasteiger partial charge in [-0.15, -0.1) is 0 Å². The molecule has 100 valence electrons.